The van der Waals surface area contributed by atoms with Gasteiger partial charge in [-0.05, 0) is 18.2 Å². The van der Waals surface area contributed by atoms with Crippen LogP contribution in [-0.4, -0.2) is 42.5 Å². The maximum absolute atomic E-state index is 12.5. The van der Waals surface area contributed by atoms with Crippen LogP contribution >= 0.6 is 0 Å². The van der Waals surface area contributed by atoms with Gasteiger partial charge < -0.3 is 20.2 Å². The van der Waals surface area contributed by atoms with Crippen molar-refractivity contribution < 1.29 is 23.9 Å². The number of hydrogen-bond acceptors (Lipinski definition) is 6. The number of aryl methyl sites for hydroxylation is 1. The van der Waals surface area contributed by atoms with Gasteiger partial charge in [0.15, 0.2) is 5.69 Å². The highest BCUT2D eigenvalue weighted by Gasteiger charge is 2.21. The predicted molar refractivity (Wildman–Crippen MR) is 90.9 cm³/mol. The largest absolute Gasteiger partial charge is 0.480 e. The van der Waals surface area contributed by atoms with E-state index < -0.39 is 24.3 Å². The van der Waals surface area contributed by atoms with Crippen LogP contribution in [0, 0.1) is 0 Å². The number of aromatic nitrogens is 4. The zero-order valence-corrected chi connectivity index (χ0v) is 14.2. The number of carboxylic acid groups (broad SMARTS) is 1. The first-order valence-electron chi connectivity index (χ1n) is 7.83. The number of carbonyl (C=O) groups is 3. The Balaban J connectivity index is 1.74. The summed E-state index contributed by atoms with van der Waals surface area (Å²) in [7, 11) is 1.60. The average molecular weight is 372 g/mol. The molecule has 0 spiro atoms. The summed E-state index contributed by atoms with van der Waals surface area (Å²) in [4.78, 5) is 35.7. The highest BCUT2D eigenvalue weighted by atomic mass is 16.4. The molecule has 3 aromatic rings. The van der Waals surface area contributed by atoms with Crippen LogP contribution < -0.4 is 10.6 Å². The lowest BCUT2D eigenvalue weighted by Crippen LogP contribution is -2.25. The molecular weight excluding hydrogens is 356 g/mol. The molecule has 0 aliphatic rings. The van der Waals surface area contributed by atoms with E-state index in [1.165, 1.54) is 29.4 Å². The van der Waals surface area contributed by atoms with Crippen molar-refractivity contribution in [1.82, 2.24) is 24.9 Å². The Labute approximate surface area is 152 Å². The Bertz CT molecular complexity index is 972. The number of nitrogens with zero attached hydrogens (tertiary/aromatic N) is 4. The Hall–Kier alpha value is -3.89. The number of furan rings is 1. The Kier molecular flexibility index (Phi) is 5.01. The fourth-order valence-electron chi connectivity index (χ4n) is 2.38. The van der Waals surface area contributed by atoms with Gasteiger partial charge in [-0.25, -0.2) is 4.68 Å². The van der Waals surface area contributed by atoms with Gasteiger partial charge in [0.1, 0.15) is 18.0 Å². The highest BCUT2D eigenvalue weighted by Crippen LogP contribution is 2.15. The Morgan fingerprint density at radius 2 is 2.07 bits per heavy atom. The van der Waals surface area contributed by atoms with Gasteiger partial charge in [-0.1, -0.05) is 0 Å². The lowest BCUT2D eigenvalue weighted by Gasteiger charge is -2.07. The zero-order valence-electron chi connectivity index (χ0n) is 14.2. The summed E-state index contributed by atoms with van der Waals surface area (Å²) in [5, 5.41) is 21.9. The molecule has 0 bridgehead atoms. The van der Waals surface area contributed by atoms with Gasteiger partial charge in [-0.2, -0.15) is 10.2 Å². The normalized spacial score (nSPS) is 10.6. The standard InChI is InChI=1S/C16H16N6O5/c1-21-8-11(14(20-21)16(26)17-7-10-3-2-6-27-10)19-15(25)12-4-5-18-22(12)9-13(23)24/h2-6,8H,7,9H2,1H3,(H,17,26)(H,19,25)(H,23,24). The highest BCUT2D eigenvalue weighted by molar-refractivity contribution is 6.07. The minimum absolute atomic E-state index is 0.0155. The first kappa shape index (κ1) is 17.9. The zero-order chi connectivity index (χ0) is 19.4. The van der Waals surface area contributed by atoms with Gasteiger partial charge in [0.05, 0.1) is 18.5 Å². The van der Waals surface area contributed by atoms with Crippen molar-refractivity contribution in [3.05, 3.63) is 54.0 Å². The van der Waals surface area contributed by atoms with Gasteiger partial charge in [0.25, 0.3) is 11.8 Å². The van der Waals surface area contributed by atoms with Crippen molar-refractivity contribution in [2.75, 3.05) is 5.32 Å². The van der Waals surface area contributed by atoms with Crippen molar-refractivity contribution in [3.63, 3.8) is 0 Å². The molecule has 0 unspecified atom stereocenters. The van der Waals surface area contributed by atoms with E-state index in [0.29, 0.717) is 5.76 Å². The van der Waals surface area contributed by atoms with Crippen molar-refractivity contribution in [3.8, 4) is 0 Å². The quantitative estimate of drug-likeness (QED) is 0.547. The molecule has 11 nitrogen and oxygen atoms in total. The van der Waals surface area contributed by atoms with Crippen LogP contribution in [0.25, 0.3) is 0 Å². The van der Waals surface area contributed by atoms with E-state index in [0.717, 1.165) is 4.68 Å². The number of carboxylic acids is 1. The molecule has 3 heterocycles. The molecule has 0 aliphatic heterocycles. The second-order valence-corrected chi connectivity index (χ2v) is 5.55. The molecule has 0 aromatic carbocycles. The number of carbonyl (C=O) groups excluding carboxylic acids is 2. The van der Waals surface area contributed by atoms with Gasteiger partial charge in [0.2, 0.25) is 0 Å². The van der Waals surface area contributed by atoms with Crippen LogP contribution in [-0.2, 0) is 24.9 Å². The van der Waals surface area contributed by atoms with E-state index in [1.54, 1.807) is 19.2 Å². The maximum atomic E-state index is 12.5. The van der Waals surface area contributed by atoms with Crippen LogP contribution in [0.4, 0.5) is 5.69 Å². The van der Waals surface area contributed by atoms with E-state index in [4.69, 9.17) is 9.52 Å². The van der Waals surface area contributed by atoms with Gasteiger partial charge in [-0.15, -0.1) is 0 Å². The summed E-state index contributed by atoms with van der Waals surface area (Å²) in [6.07, 6.45) is 4.28. The lowest BCUT2D eigenvalue weighted by atomic mass is 10.3. The average Bonchev–Trinajstić information content (AvgIpc) is 3.33. The molecule has 0 aliphatic carbocycles. The molecule has 0 radical (unpaired) electrons. The van der Waals surface area contributed by atoms with Crippen LogP contribution in [0.1, 0.15) is 26.7 Å². The smallest absolute Gasteiger partial charge is 0.325 e. The third-order valence-corrected chi connectivity index (χ3v) is 3.53. The van der Waals surface area contributed by atoms with Crippen molar-refractivity contribution in [2.24, 2.45) is 7.05 Å². The molecule has 11 heteroatoms. The maximum Gasteiger partial charge on any atom is 0.325 e. The molecule has 27 heavy (non-hydrogen) atoms. The number of nitrogens with one attached hydrogen (secondary N) is 2. The fourth-order valence-corrected chi connectivity index (χ4v) is 2.38. The number of amides is 2. The second kappa shape index (κ2) is 7.56. The molecule has 140 valence electrons. The van der Waals surface area contributed by atoms with Crippen molar-refractivity contribution in [1.29, 1.82) is 0 Å². The summed E-state index contributed by atoms with van der Waals surface area (Å²) in [6.45, 7) is -0.291. The molecule has 3 rings (SSSR count). The lowest BCUT2D eigenvalue weighted by molar-refractivity contribution is -0.137. The minimum atomic E-state index is -1.13. The van der Waals surface area contributed by atoms with Gasteiger partial charge in [-0.3, -0.25) is 19.1 Å². The molecule has 3 aromatic heterocycles. The van der Waals surface area contributed by atoms with E-state index >= 15 is 0 Å². The summed E-state index contributed by atoms with van der Waals surface area (Å²) < 4.78 is 7.57. The van der Waals surface area contributed by atoms with Crippen LogP contribution in [0.15, 0.2) is 41.3 Å². The number of rotatable bonds is 7. The van der Waals surface area contributed by atoms with Crippen molar-refractivity contribution in [2.45, 2.75) is 13.1 Å². The first-order valence-corrected chi connectivity index (χ1v) is 7.83. The molecule has 0 saturated heterocycles. The third kappa shape index (κ3) is 4.21. The van der Waals surface area contributed by atoms with Gasteiger partial charge in [0, 0.05) is 19.4 Å². The van der Waals surface area contributed by atoms with E-state index in [2.05, 4.69) is 20.8 Å². The summed E-state index contributed by atoms with van der Waals surface area (Å²) in [5.41, 5.74) is 0.243. The molecule has 0 atom stereocenters. The number of anilines is 1. The Morgan fingerprint density at radius 1 is 1.26 bits per heavy atom. The molecular formula is C16H16N6O5. The van der Waals surface area contributed by atoms with E-state index in [9.17, 15) is 14.4 Å². The summed E-state index contributed by atoms with van der Waals surface area (Å²) in [5.74, 6) is -1.67. The third-order valence-electron chi connectivity index (χ3n) is 3.53. The fraction of sp³-hybridized carbons (Fsp3) is 0.188. The van der Waals surface area contributed by atoms with Crippen LogP contribution in [0.3, 0.4) is 0 Å². The number of hydrogen-bond donors (Lipinski definition) is 3. The number of aliphatic carboxylic acids is 1. The van der Waals surface area contributed by atoms with E-state index in [-0.39, 0.29) is 23.6 Å². The molecule has 0 saturated carbocycles. The van der Waals surface area contributed by atoms with Crippen LogP contribution in [0.5, 0.6) is 0 Å². The molecule has 0 fully saturated rings. The SMILES string of the molecule is Cn1cc(NC(=O)c2ccnn2CC(=O)O)c(C(=O)NCc2ccco2)n1. The molecule has 3 N–H and O–H groups in total. The monoisotopic (exact) mass is 372 g/mol. The topological polar surface area (TPSA) is 144 Å². The summed E-state index contributed by atoms with van der Waals surface area (Å²) >= 11 is 0. The predicted octanol–water partition coefficient (Wildman–Crippen LogP) is 0.476. The minimum Gasteiger partial charge on any atom is -0.480 e. The first-order chi connectivity index (χ1) is 12.9. The Morgan fingerprint density at radius 3 is 2.78 bits per heavy atom. The summed E-state index contributed by atoms with van der Waals surface area (Å²) in [6, 6.07) is 4.80. The molecule has 2 amide bonds. The second-order valence-electron chi connectivity index (χ2n) is 5.55. The van der Waals surface area contributed by atoms with Crippen LogP contribution in [0.2, 0.25) is 0 Å². The van der Waals surface area contributed by atoms with E-state index in [1.807, 2.05) is 0 Å². The van der Waals surface area contributed by atoms with Gasteiger partial charge >= 0.3 is 5.97 Å². The van der Waals surface area contributed by atoms with Crippen molar-refractivity contribution >= 4 is 23.5 Å².